The van der Waals surface area contributed by atoms with Gasteiger partial charge in [0.25, 0.3) is 0 Å². The van der Waals surface area contributed by atoms with Crippen molar-refractivity contribution >= 4 is 11.0 Å². The maximum Gasteiger partial charge on any atom is 0.167 e. The van der Waals surface area contributed by atoms with E-state index in [1.165, 1.54) is 0 Å². The van der Waals surface area contributed by atoms with E-state index in [-0.39, 0.29) is 0 Å². The van der Waals surface area contributed by atoms with Crippen molar-refractivity contribution in [3.63, 3.8) is 0 Å². The third-order valence-corrected chi connectivity index (χ3v) is 1.88. The summed E-state index contributed by atoms with van der Waals surface area (Å²) in [5.74, 6) is 0. The zero-order chi connectivity index (χ0) is 9.10. The predicted molar refractivity (Wildman–Crippen MR) is 49.9 cm³/mol. The molecule has 0 saturated heterocycles. The largest absolute Gasteiger partial charge is 0.356 e. The molecule has 0 fully saturated rings. The van der Waals surface area contributed by atoms with Crippen molar-refractivity contribution in [2.24, 2.45) is 0 Å². The summed E-state index contributed by atoms with van der Waals surface area (Å²) in [4.78, 5) is 0. The van der Waals surface area contributed by atoms with Crippen LogP contribution in [0.5, 0.6) is 0 Å². The molecule has 0 spiro atoms. The normalized spacial score (nSPS) is 10.8. The molecule has 1 aromatic heterocycles. The van der Waals surface area contributed by atoms with E-state index in [1.54, 1.807) is 0 Å². The van der Waals surface area contributed by atoms with Gasteiger partial charge in [-0.2, -0.15) is 0 Å². The number of nitrogens with one attached hydrogen (secondary N) is 2. The lowest BCUT2D eigenvalue weighted by molar-refractivity contribution is 0.437. The van der Waals surface area contributed by atoms with Crippen LogP contribution in [0.2, 0.25) is 0 Å². The molecule has 0 amide bonds. The van der Waals surface area contributed by atoms with Gasteiger partial charge < -0.3 is 4.52 Å². The van der Waals surface area contributed by atoms with Crippen LogP contribution in [0.15, 0.2) is 28.8 Å². The number of fused-ring (bicyclic) bond motifs is 1. The highest BCUT2D eigenvalue weighted by Gasteiger charge is 2.05. The van der Waals surface area contributed by atoms with Crippen LogP contribution in [0.1, 0.15) is 5.69 Å². The first kappa shape index (κ1) is 8.22. The minimum atomic E-state index is 0.660. The molecule has 0 bridgehead atoms. The molecular weight excluding hydrogens is 166 g/mol. The number of hydrogen-bond acceptors (Lipinski definition) is 4. The van der Waals surface area contributed by atoms with Gasteiger partial charge in [0.2, 0.25) is 0 Å². The highest BCUT2D eigenvalue weighted by atomic mass is 16.5. The van der Waals surface area contributed by atoms with Crippen LogP contribution in [-0.2, 0) is 6.54 Å². The van der Waals surface area contributed by atoms with Gasteiger partial charge in [-0.25, -0.2) is 0 Å². The van der Waals surface area contributed by atoms with E-state index in [0.29, 0.717) is 6.54 Å². The first-order valence-electron chi connectivity index (χ1n) is 4.14. The van der Waals surface area contributed by atoms with Crippen LogP contribution >= 0.6 is 0 Å². The lowest BCUT2D eigenvalue weighted by Crippen LogP contribution is -2.26. The number of rotatable bonds is 3. The Morgan fingerprint density at radius 3 is 3.08 bits per heavy atom. The first-order valence-corrected chi connectivity index (χ1v) is 4.14. The summed E-state index contributed by atoms with van der Waals surface area (Å²) >= 11 is 0. The molecule has 0 aliphatic carbocycles. The Labute approximate surface area is 75.9 Å². The molecule has 0 aliphatic rings. The van der Waals surface area contributed by atoms with Crippen molar-refractivity contribution in [1.29, 1.82) is 0 Å². The molecular formula is C9H11N3O. The second-order valence-corrected chi connectivity index (χ2v) is 2.73. The van der Waals surface area contributed by atoms with Crippen LogP contribution in [0.3, 0.4) is 0 Å². The van der Waals surface area contributed by atoms with Crippen molar-refractivity contribution in [1.82, 2.24) is 16.0 Å². The minimum absolute atomic E-state index is 0.660. The average molecular weight is 177 g/mol. The van der Waals surface area contributed by atoms with E-state index in [4.69, 9.17) is 4.52 Å². The molecule has 4 nitrogen and oxygen atoms in total. The summed E-state index contributed by atoms with van der Waals surface area (Å²) in [6.45, 7) is 0.660. The van der Waals surface area contributed by atoms with Crippen LogP contribution in [0.25, 0.3) is 11.0 Å². The lowest BCUT2D eigenvalue weighted by atomic mass is 10.2. The Morgan fingerprint density at radius 2 is 2.23 bits per heavy atom. The van der Waals surface area contributed by atoms with Crippen molar-refractivity contribution in [2.45, 2.75) is 6.54 Å². The molecule has 13 heavy (non-hydrogen) atoms. The predicted octanol–water partition coefficient (Wildman–Crippen LogP) is 1.05. The number of nitrogens with zero attached hydrogens (tertiary/aromatic N) is 1. The van der Waals surface area contributed by atoms with Gasteiger partial charge in [-0.3, -0.25) is 10.9 Å². The Morgan fingerprint density at radius 1 is 1.38 bits per heavy atom. The van der Waals surface area contributed by atoms with Gasteiger partial charge in [-0.05, 0) is 19.2 Å². The molecule has 4 heteroatoms. The molecule has 0 unspecified atom stereocenters. The molecule has 2 rings (SSSR count). The molecule has 0 saturated carbocycles. The quantitative estimate of drug-likeness (QED) is 0.688. The molecule has 1 aromatic carbocycles. The van der Waals surface area contributed by atoms with Crippen molar-refractivity contribution in [3.05, 3.63) is 30.0 Å². The second kappa shape index (κ2) is 3.55. The fourth-order valence-electron chi connectivity index (χ4n) is 1.24. The Bertz CT molecular complexity index is 396. The number of hydrazine groups is 1. The van der Waals surface area contributed by atoms with Crippen LogP contribution in [-0.4, -0.2) is 12.2 Å². The van der Waals surface area contributed by atoms with Gasteiger partial charge in [0, 0.05) is 5.39 Å². The van der Waals surface area contributed by atoms with Crippen LogP contribution in [0, 0.1) is 0 Å². The minimum Gasteiger partial charge on any atom is -0.356 e. The summed E-state index contributed by atoms with van der Waals surface area (Å²) in [5.41, 5.74) is 7.56. The molecule has 2 N–H and O–H groups in total. The number of para-hydroxylation sites is 1. The number of benzene rings is 1. The standard InChI is InChI=1S/C9H11N3O/c1-10-11-6-8-7-4-2-3-5-9(7)13-12-8/h2-5,10-11H,6H2,1H3. The van der Waals surface area contributed by atoms with Crippen LogP contribution < -0.4 is 10.9 Å². The van der Waals surface area contributed by atoms with E-state index in [9.17, 15) is 0 Å². The van der Waals surface area contributed by atoms with E-state index in [2.05, 4.69) is 16.0 Å². The highest BCUT2D eigenvalue weighted by Crippen LogP contribution is 2.16. The van der Waals surface area contributed by atoms with E-state index >= 15 is 0 Å². The Kier molecular flexibility index (Phi) is 2.25. The van der Waals surface area contributed by atoms with Gasteiger partial charge in [0.1, 0.15) is 5.69 Å². The first-order chi connectivity index (χ1) is 6.42. The van der Waals surface area contributed by atoms with Crippen molar-refractivity contribution < 1.29 is 4.52 Å². The van der Waals surface area contributed by atoms with Gasteiger partial charge in [0.05, 0.1) is 6.54 Å². The molecule has 2 aromatic rings. The maximum absolute atomic E-state index is 5.13. The SMILES string of the molecule is CNNCc1noc2ccccc12. The maximum atomic E-state index is 5.13. The van der Waals surface area contributed by atoms with E-state index in [1.807, 2.05) is 31.3 Å². The highest BCUT2D eigenvalue weighted by molar-refractivity contribution is 5.79. The summed E-state index contributed by atoms with van der Waals surface area (Å²) in [6.07, 6.45) is 0. The summed E-state index contributed by atoms with van der Waals surface area (Å²) in [6, 6.07) is 7.81. The Balaban J connectivity index is 2.35. The van der Waals surface area contributed by atoms with Gasteiger partial charge in [0.15, 0.2) is 5.58 Å². The summed E-state index contributed by atoms with van der Waals surface area (Å²) < 4.78 is 5.13. The van der Waals surface area contributed by atoms with E-state index in [0.717, 1.165) is 16.7 Å². The molecule has 1 heterocycles. The topological polar surface area (TPSA) is 50.1 Å². The van der Waals surface area contributed by atoms with Crippen molar-refractivity contribution in [3.8, 4) is 0 Å². The zero-order valence-electron chi connectivity index (χ0n) is 7.37. The third kappa shape index (κ3) is 1.54. The third-order valence-electron chi connectivity index (χ3n) is 1.88. The van der Waals surface area contributed by atoms with E-state index < -0.39 is 0 Å². The monoisotopic (exact) mass is 177 g/mol. The smallest absolute Gasteiger partial charge is 0.167 e. The van der Waals surface area contributed by atoms with Crippen molar-refractivity contribution in [2.75, 3.05) is 7.05 Å². The molecule has 0 radical (unpaired) electrons. The Hall–Kier alpha value is -1.39. The lowest BCUT2D eigenvalue weighted by Gasteiger charge is -1.97. The molecule has 0 aliphatic heterocycles. The average Bonchev–Trinajstić information content (AvgIpc) is 2.58. The summed E-state index contributed by atoms with van der Waals surface area (Å²) in [5, 5.41) is 5.02. The molecule has 68 valence electrons. The number of hydrogen-bond donors (Lipinski definition) is 2. The summed E-state index contributed by atoms with van der Waals surface area (Å²) in [7, 11) is 1.82. The van der Waals surface area contributed by atoms with Crippen LogP contribution in [0.4, 0.5) is 0 Å². The van der Waals surface area contributed by atoms with Gasteiger partial charge in [-0.15, -0.1) is 0 Å². The fourth-order valence-corrected chi connectivity index (χ4v) is 1.24. The number of aromatic nitrogens is 1. The molecule has 0 atom stereocenters. The van der Waals surface area contributed by atoms with Gasteiger partial charge in [-0.1, -0.05) is 17.3 Å². The van der Waals surface area contributed by atoms with Gasteiger partial charge >= 0.3 is 0 Å². The zero-order valence-corrected chi connectivity index (χ0v) is 7.37. The fraction of sp³-hybridized carbons (Fsp3) is 0.222. The second-order valence-electron chi connectivity index (χ2n) is 2.73.